The van der Waals surface area contributed by atoms with Gasteiger partial charge in [0.1, 0.15) is 5.78 Å². The normalized spacial score (nSPS) is 44.8. The molecule has 4 atom stereocenters. The number of carbonyl (C=O) groups is 1. The molecule has 2 aliphatic carbocycles. The number of aliphatic hydroxyl groups is 2. The molecule has 2 fully saturated rings. The number of ketones is 1. The summed E-state index contributed by atoms with van der Waals surface area (Å²) in [5, 5.41) is 21.3. The molecule has 0 amide bonds. The van der Waals surface area contributed by atoms with Crippen LogP contribution in [0, 0.1) is 17.3 Å². The Bertz CT molecular complexity index is 357. The Morgan fingerprint density at radius 3 is 2.33 bits per heavy atom. The van der Waals surface area contributed by atoms with Crippen LogP contribution in [0.3, 0.4) is 0 Å². The van der Waals surface area contributed by atoms with Gasteiger partial charge in [0.25, 0.3) is 0 Å². The zero-order valence-corrected chi connectivity index (χ0v) is 12.0. The van der Waals surface area contributed by atoms with E-state index in [1.165, 1.54) is 0 Å². The van der Waals surface area contributed by atoms with Crippen molar-refractivity contribution in [2.75, 3.05) is 0 Å². The van der Waals surface area contributed by atoms with Gasteiger partial charge < -0.3 is 10.2 Å². The highest BCUT2D eigenvalue weighted by Crippen LogP contribution is 2.60. The second-order valence-electron chi connectivity index (χ2n) is 7.28. The Hall–Kier alpha value is -0.410. The van der Waals surface area contributed by atoms with Crippen LogP contribution in [0.2, 0.25) is 0 Å². The van der Waals surface area contributed by atoms with Gasteiger partial charge in [0.05, 0.1) is 11.2 Å². The SMILES string of the molecule is CC(=O)[C@H]1CC[C@]2(C)CC[C@@H](C(C)(C)O)C[C@]12O. The third-order valence-electron chi connectivity index (χ3n) is 5.70. The first kappa shape index (κ1) is 14.0. The van der Waals surface area contributed by atoms with Crippen molar-refractivity contribution in [1.29, 1.82) is 0 Å². The van der Waals surface area contributed by atoms with Gasteiger partial charge in [0, 0.05) is 5.92 Å². The molecule has 0 radical (unpaired) electrons. The Kier molecular flexibility index (Phi) is 3.14. The smallest absolute Gasteiger partial charge is 0.135 e. The Morgan fingerprint density at radius 2 is 1.83 bits per heavy atom. The summed E-state index contributed by atoms with van der Waals surface area (Å²) in [6.07, 6.45) is 4.11. The maximum Gasteiger partial charge on any atom is 0.135 e. The van der Waals surface area contributed by atoms with Crippen molar-refractivity contribution in [3.8, 4) is 0 Å². The van der Waals surface area contributed by atoms with E-state index in [1.54, 1.807) is 20.8 Å². The fraction of sp³-hybridized carbons (Fsp3) is 0.933. The molecule has 2 aliphatic rings. The predicted octanol–water partition coefficient (Wildman–Crippen LogP) is 2.29. The third-order valence-corrected chi connectivity index (χ3v) is 5.70. The molecule has 0 aromatic carbocycles. The molecule has 0 saturated heterocycles. The quantitative estimate of drug-likeness (QED) is 0.795. The van der Waals surface area contributed by atoms with Crippen molar-refractivity contribution in [1.82, 2.24) is 0 Å². The average Bonchev–Trinajstić information content (AvgIpc) is 2.47. The van der Waals surface area contributed by atoms with E-state index in [0.717, 1.165) is 25.7 Å². The topological polar surface area (TPSA) is 57.5 Å². The summed E-state index contributed by atoms with van der Waals surface area (Å²) in [6.45, 7) is 7.31. The molecular formula is C15H26O3. The van der Waals surface area contributed by atoms with E-state index in [0.29, 0.717) is 6.42 Å². The van der Waals surface area contributed by atoms with Crippen LogP contribution >= 0.6 is 0 Å². The minimum atomic E-state index is -0.915. The lowest BCUT2D eigenvalue weighted by Crippen LogP contribution is -2.55. The number of fused-ring (bicyclic) bond motifs is 1. The van der Waals surface area contributed by atoms with Gasteiger partial charge in [-0.15, -0.1) is 0 Å². The molecule has 0 heterocycles. The highest BCUT2D eigenvalue weighted by Gasteiger charge is 2.61. The van der Waals surface area contributed by atoms with Crippen molar-refractivity contribution in [2.45, 2.75) is 71.0 Å². The van der Waals surface area contributed by atoms with Crippen LogP contribution < -0.4 is 0 Å². The van der Waals surface area contributed by atoms with E-state index in [2.05, 4.69) is 6.92 Å². The molecule has 0 aromatic rings. The number of hydrogen-bond acceptors (Lipinski definition) is 3. The highest BCUT2D eigenvalue weighted by atomic mass is 16.3. The molecule has 0 unspecified atom stereocenters. The highest BCUT2D eigenvalue weighted by molar-refractivity contribution is 5.80. The Morgan fingerprint density at radius 1 is 1.28 bits per heavy atom. The molecule has 0 spiro atoms. The molecule has 2 rings (SSSR count). The standard InChI is InChI=1S/C15H26O3/c1-10(16)12-6-8-14(4)7-5-11(13(2,3)17)9-15(12,14)18/h11-12,17-18H,5-9H2,1-4H3/t11-,12-,14+,15+/m1/s1. The second kappa shape index (κ2) is 4.04. The van der Waals surface area contributed by atoms with Crippen LogP contribution in [0.4, 0.5) is 0 Å². The summed E-state index contributed by atoms with van der Waals surface area (Å²) in [7, 11) is 0. The van der Waals surface area contributed by atoms with Crippen LogP contribution in [0.1, 0.15) is 59.8 Å². The molecule has 0 aromatic heterocycles. The first-order chi connectivity index (χ1) is 8.10. The van der Waals surface area contributed by atoms with Crippen molar-refractivity contribution < 1.29 is 15.0 Å². The maximum absolute atomic E-state index is 11.8. The number of hydrogen-bond donors (Lipinski definition) is 2. The summed E-state index contributed by atoms with van der Waals surface area (Å²) in [4.78, 5) is 11.8. The van der Waals surface area contributed by atoms with Crippen LogP contribution in [-0.4, -0.2) is 27.2 Å². The molecule has 3 heteroatoms. The molecule has 0 bridgehead atoms. The molecule has 2 saturated carbocycles. The van der Waals surface area contributed by atoms with Gasteiger partial charge in [0.15, 0.2) is 0 Å². The zero-order valence-electron chi connectivity index (χ0n) is 12.0. The van der Waals surface area contributed by atoms with Crippen molar-refractivity contribution in [2.24, 2.45) is 17.3 Å². The van der Waals surface area contributed by atoms with Gasteiger partial charge in [-0.3, -0.25) is 4.79 Å². The summed E-state index contributed by atoms with van der Waals surface area (Å²) in [6, 6.07) is 0. The van der Waals surface area contributed by atoms with Gasteiger partial charge in [-0.05, 0) is 64.2 Å². The largest absolute Gasteiger partial charge is 0.390 e. The lowest BCUT2D eigenvalue weighted by Gasteiger charge is -2.51. The first-order valence-corrected chi connectivity index (χ1v) is 7.05. The van der Waals surface area contributed by atoms with Crippen molar-refractivity contribution in [3.05, 3.63) is 0 Å². The first-order valence-electron chi connectivity index (χ1n) is 7.05. The summed E-state index contributed by atoms with van der Waals surface area (Å²) in [5.41, 5.74) is -1.84. The van der Waals surface area contributed by atoms with E-state index in [9.17, 15) is 15.0 Å². The second-order valence-corrected chi connectivity index (χ2v) is 7.28. The van der Waals surface area contributed by atoms with E-state index in [-0.39, 0.29) is 23.0 Å². The van der Waals surface area contributed by atoms with E-state index < -0.39 is 11.2 Å². The summed E-state index contributed by atoms with van der Waals surface area (Å²) >= 11 is 0. The van der Waals surface area contributed by atoms with Gasteiger partial charge >= 0.3 is 0 Å². The molecular weight excluding hydrogens is 228 g/mol. The number of carbonyl (C=O) groups excluding carboxylic acids is 1. The number of Topliss-reactive ketones (excluding diaryl/α,β-unsaturated/α-hetero) is 1. The van der Waals surface area contributed by atoms with Gasteiger partial charge in [-0.25, -0.2) is 0 Å². The van der Waals surface area contributed by atoms with Gasteiger partial charge in [0.2, 0.25) is 0 Å². The third kappa shape index (κ3) is 1.92. The Labute approximate surface area is 110 Å². The summed E-state index contributed by atoms with van der Waals surface area (Å²) < 4.78 is 0. The molecule has 18 heavy (non-hydrogen) atoms. The van der Waals surface area contributed by atoms with Crippen LogP contribution in [0.15, 0.2) is 0 Å². The fourth-order valence-electron chi connectivity index (χ4n) is 4.18. The van der Waals surface area contributed by atoms with Crippen LogP contribution in [-0.2, 0) is 4.79 Å². The molecule has 3 nitrogen and oxygen atoms in total. The lowest BCUT2D eigenvalue weighted by atomic mass is 9.58. The van der Waals surface area contributed by atoms with E-state index in [1.807, 2.05) is 0 Å². The molecule has 104 valence electrons. The fourth-order valence-corrected chi connectivity index (χ4v) is 4.18. The average molecular weight is 254 g/mol. The monoisotopic (exact) mass is 254 g/mol. The number of rotatable bonds is 2. The maximum atomic E-state index is 11.8. The minimum absolute atomic E-state index is 0.0792. The van der Waals surface area contributed by atoms with E-state index in [4.69, 9.17) is 0 Å². The minimum Gasteiger partial charge on any atom is -0.390 e. The van der Waals surface area contributed by atoms with Gasteiger partial charge in [-0.2, -0.15) is 0 Å². The van der Waals surface area contributed by atoms with Crippen LogP contribution in [0.25, 0.3) is 0 Å². The van der Waals surface area contributed by atoms with Crippen molar-refractivity contribution >= 4 is 5.78 Å². The lowest BCUT2D eigenvalue weighted by molar-refractivity contribution is -0.162. The molecule has 0 aliphatic heterocycles. The van der Waals surface area contributed by atoms with E-state index >= 15 is 0 Å². The summed E-state index contributed by atoms with van der Waals surface area (Å²) in [5.74, 6) is -0.0687. The Balaban J connectivity index is 2.31. The van der Waals surface area contributed by atoms with Gasteiger partial charge in [-0.1, -0.05) is 6.92 Å². The van der Waals surface area contributed by atoms with Crippen molar-refractivity contribution in [3.63, 3.8) is 0 Å². The predicted molar refractivity (Wildman–Crippen MR) is 70.1 cm³/mol. The zero-order chi connectivity index (χ0) is 13.8. The van der Waals surface area contributed by atoms with Crippen LogP contribution in [0.5, 0.6) is 0 Å². The molecule has 2 N–H and O–H groups in total.